The van der Waals surface area contributed by atoms with Crippen LogP contribution in [-0.2, 0) is 0 Å². The number of aryl methyl sites for hydroxylation is 1. The van der Waals surface area contributed by atoms with E-state index in [4.69, 9.17) is 4.42 Å². The lowest BCUT2D eigenvalue weighted by molar-refractivity contribution is 0.0994. The molecule has 0 unspecified atom stereocenters. The quantitative estimate of drug-likeness (QED) is 0.450. The average Bonchev–Trinajstić information content (AvgIpc) is 2.75. The Hall–Kier alpha value is -3.66. The fourth-order valence-corrected chi connectivity index (χ4v) is 3.51. The number of carbonyl (C=O) groups is 1. The Morgan fingerprint density at radius 3 is 2.13 bits per heavy atom. The van der Waals surface area contributed by atoms with Crippen molar-refractivity contribution in [3.8, 4) is 11.1 Å². The Morgan fingerprint density at radius 2 is 1.50 bits per heavy atom. The van der Waals surface area contributed by atoms with Gasteiger partial charge in [0.15, 0.2) is 0 Å². The SMILES string of the molecule is Cc1ccc(-c2c(C(=O)Nc3ccc(C(C)C)cc3)oc(=O)c3ccccc23)cc1. The minimum absolute atomic E-state index is 0.00971. The fourth-order valence-electron chi connectivity index (χ4n) is 3.51. The fraction of sp³-hybridized carbons (Fsp3) is 0.154. The highest BCUT2D eigenvalue weighted by Gasteiger charge is 2.21. The molecule has 150 valence electrons. The summed E-state index contributed by atoms with van der Waals surface area (Å²) in [6.07, 6.45) is 0. The van der Waals surface area contributed by atoms with Gasteiger partial charge in [0.1, 0.15) is 0 Å². The molecule has 1 N–H and O–H groups in total. The van der Waals surface area contributed by atoms with E-state index >= 15 is 0 Å². The molecular weight excluding hydrogens is 374 g/mol. The van der Waals surface area contributed by atoms with Crippen LogP contribution in [0.5, 0.6) is 0 Å². The molecule has 4 nitrogen and oxygen atoms in total. The van der Waals surface area contributed by atoms with Gasteiger partial charge in [-0.05, 0) is 42.2 Å². The summed E-state index contributed by atoms with van der Waals surface area (Å²) in [5.41, 5.74) is 3.85. The highest BCUT2D eigenvalue weighted by Crippen LogP contribution is 2.31. The molecule has 4 aromatic rings. The molecule has 0 spiro atoms. The van der Waals surface area contributed by atoms with Crippen LogP contribution in [0.2, 0.25) is 0 Å². The Bertz CT molecular complexity index is 1270. The minimum atomic E-state index is -0.526. The third-order valence-corrected chi connectivity index (χ3v) is 5.22. The number of anilines is 1. The topological polar surface area (TPSA) is 59.3 Å². The minimum Gasteiger partial charge on any atom is -0.416 e. The maximum atomic E-state index is 13.1. The number of amides is 1. The van der Waals surface area contributed by atoms with Gasteiger partial charge in [-0.15, -0.1) is 0 Å². The van der Waals surface area contributed by atoms with E-state index in [0.717, 1.165) is 11.1 Å². The molecule has 3 aromatic carbocycles. The summed E-state index contributed by atoms with van der Waals surface area (Å²) in [6.45, 7) is 6.23. The number of rotatable bonds is 4. The van der Waals surface area contributed by atoms with E-state index in [0.29, 0.717) is 27.9 Å². The predicted octanol–water partition coefficient (Wildman–Crippen LogP) is 6.14. The smallest absolute Gasteiger partial charge is 0.344 e. The molecule has 0 bridgehead atoms. The molecule has 1 heterocycles. The van der Waals surface area contributed by atoms with Crippen LogP contribution in [0.3, 0.4) is 0 Å². The molecule has 1 amide bonds. The van der Waals surface area contributed by atoms with Crippen molar-refractivity contribution in [3.05, 3.63) is 100 Å². The van der Waals surface area contributed by atoms with Gasteiger partial charge in [-0.3, -0.25) is 4.79 Å². The summed E-state index contributed by atoms with van der Waals surface area (Å²) < 4.78 is 5.53. The van der Waals surface area contributed by atoms with Crippen molar-refractivity contribution in [3.63, 3.8) is 0 Å². The maximum absolute atomic E-state index is 13.1. The van der Waals surface area contributed by atoms with Crippen molar-refractivity contribution in [1.82, 2.24) is 0 Å². The highest BCUT2D eigenvalue weighted by molar-refractivity contribution is 6.11. The van der Waals surface area contributed by atoms with Crippen molar-refractivity contribution in [2.24, 2.45) is 0 Å². The zero-order valence-electron chi connectivity index (χ0n) is 17.2. The third-order valence-electron chi connectivity index (χ3n) is 5.22. The van der Waals surface area contributed by atoms with Crippen molar-refractivity contribution < 1.29 is 9.21 Å². The number of hydrogen-bond donors (Lipinski definition) is 1. The largest absolute Gasteiger partial charge is 0.416 e. The monoisotopic (exact) mass is 397 g/mol. The number of fused-ring (bicyclic) bond motifs is 1. The second-order valence-electron chi connectivity index (χ2n) is 7.74. The molecule has 0 fully saturated rings. The summed E-state index contributed by atoms with van der Waals surface area (Å²) in [5, 5.41) is 4.01. The lowest BCUT2D eigenvalue weighted by Crippen LogP contribution is -2.17. The van der Waals surface area contributed by atoms with Gasteiger partial charge in [-0.2, -0.15) is 0 Å². The standard InChI is InChI=1S/C26H23NO3/c1-16(2)18-12-14-20(15-13-18)27-25(28)24-23(19-10-8-17(3)9-11-19)21-6-4-5-7-22(21)26(29)30-24/h4-16H,1-3H3,(H,27,28). The number of carbonyl (C=O) groups excluding carboxylic acids is 1. The number of hydrogen-bond acceptors (Lipinski definition) is 3. The van der Waals surface area contributed by atoms with E-state index in [1.807, 2.05) is 67.6 Å². The molecule has 4 rings (SSSR count). The molecule has 0 aliphatic carbocycles. The van der Waals surface area contributed by atoms with Crippen LogP contribution >= 0.6 is 0 Å². The Kier molecular flexibility index (Phi) is 5.23. The van der Waals surface area contributed by atoms with Crippen LogP contribution in [-0.4, -0.2) is 5.91 Å². The molecule has 1 aromatic heterocycles. The molecule has 0 saturated carbocycles. The van der Waals surface area contributed by atoms with Crippen molar-refractivity contribution in [2.75, 3.05) is 5.32 Å². The van der Waals surface area contributed by atoms with Crippen LogP contribution < -0.4 is 10.9 Å². The normalized spacial score (nSPS) is 11.1. The van der Waals surface area contributed by atoms with Gasteiger partial charge in [-0.1, -0.05) is 74.0 Å². The van der Waals surface area contributed by atoms with Crippen LogP contribution in [0, 0.1) is 6.92 Å². The first kappa shape index (κ1) is 19.6. The Morgan fingerprint density at radius 1 is 0.867 bits per heavy atom. The third kappa shape index (κ3) is 3.77. The molecular formula is C26H23NO3. The molecule has 0 radical (unpaired) electrons. The zero-order chi connectivity index (χ0) is 21.3. The molecule has 30 heavy (non-hydrogen) atoms. The van der Waals surface area contributed by atoms with Crippen molar-refractivity contribution >= 4 is 22.4 Å². The molecule has 0 saturated heterocycles. The first-order chi connectivity index (χ1) is 14.4. The van der Waals surface area contributed by atoms with Gasteiger partial charge in [0, 0.05) is 16.6 Å². The van der Waals surface area contributed by atoms with E-state index < -0.39 is 11.5 Å². The average molecular weight is 397 g/mol. The Balaban J connectivity index is 1.83. The summed E-state index contributed by atoms with van der Waals surface area (Å²) in [6, 6.07) is 22.7. The van der Waals surface area contributed by atoms with Gasteiger partial charge >= 0.3 is 5.63 Å². The van der Waals surface area contributed by atoms with E-state index in [9.17, 15) is 9.59 Å². The van der Waals surface area contributed by atoms with Gasteiger partial charge in [0.25, 0.3) is 5.91 Å². The second kappa shape index (κ2) is 7.99. The van der Waals surface area contributed by atoms with E-state index in [1.165, 1.54) is 5.56 Å². The van der Waals surface area contributed by atoms with E-state index in [-0.39, 0.29) is 5.76 Å². The van der Waals surface area contributed by atoms with Crippen LogP contribution in [0.25, 0.3) is 21.9 Å². The summed E-state index contributed by atoms with van der Waals surface area (Å²) in [5.74, 6) is -0.0392. The van der Waals surface area contributed by atoms with Crippen LogP contribution in [0.15, 0.2) is 82.0 Å². The predicted molar refractivity (Wildman–Crippen MR) is 121 cm³/mol. The lowest BCUT2D eigenvalue weighted by atomic mass is 9.97. The van der Waals surface area contributed by atoms with Gasteiger partial charge in [0.05, 0.1) is 5.39 Å². The molecule has 0 aliphatic heterocycles. The number of benzene rings is 3. The van der Waals surface area contributed by atoms with Gasteiger partial charge in [-0.25, -0.2) is 4.79 Å². The van der Waals surface area contributed by atoms with Crippen LogP contribution in [0.1, 0.15) is 41.4 Å². The second-order valence-corrected chi connectivity index (χ2v) is 7.74. The first-order valence-electron chi connectivity index (χ1n) is 9.98. The molecule has 4 heteroatoms. The zero-order valence-corrected chi connectivity index (χ0v) is 17.2. The van der Waals surface area contributed by atoms with Gasteiger partial charge in [0.2, 0.25) is 5.76 Å². The molecule has 0 aliphatic rings. The highest BCUT2D eigenvalue weighted by atomic mass is 16.4. The van der Waals surface area contributed by atoms with Crippen molar-refractivity contribution in [1.29, 1.82) is 0 Å². The Labute approximate surface area is 175 Å². The summed E-state index contributed by atoms with van der Waals surface area (Å²) >= 11 is 0. The maximum Gasteiger partial charge on any atom is 0.344 e. The molecule has 0 atom stereocenters. The van der Waals surface area contributed by atoms with Crippen molar-refractivity contribution in [2.45, 2.75) is 26.7 Å². The van der Waals surface area contributed by atoms with Gasteiger partial charge < -0.3 is 9.73 Å². The summed E-state index contributed by atoms with van der Waals surface area (Å²) in [7, 11) is 0. The number of nitrogens with one attached hydrogen (secondary N) is 1. The lowest BCUT2D eigenvalue weighted by Gasteiger charge is -2.13. The van der Waals surface area contributed by atoms with E-state index in [1.54, 1.807) is 12.1 Å². The van der Waals surface area contributed by atoms with Crippen LogP contribution in [0.4, 0.5) is 5.69 Å². The summed E-state index contributed by atoms with van der Waals surface area (Å²) in [4.78, 5) is 25.7. The van der Waals surface area contributed by atoms with E-state index in [2.05, 4.69) is 19.2 Å². The first-order valence-corrected chi connectivity index (χ1v) is 9.98.